The van der Waals surface area contributed by atoms with Crippen molar-refractivity contribution in [2.45, 2.75) is 12.8 Å². The Morgan fingerprint density at radius 3 is 2.79 bits per heavy atom. The molecule has 0 aliphatic heterocycles. The number of halogens is 3. The van der Waals surface area contributed by atoms with Crippen LogP contribution in [0.3, 0.4) is 0 Å². The number of alkyl halides is 2. The third kappa shape index (κ3) is 3.46. The van der Waals surface area contributed by atoms with Crippen LogP contribution in [0.4, 0.5) is 4.39 Å². The normalized spacial score (nSPS) is 10.2. The van der Waals surface area contributed by atoms with Gasteiger partial charge in [-0.15, -0.1) is 0 Å². The van der Waals surface area contributed by atoms with Gasteiger partial charge in [0.15, 0.2) is 0 Å². The lowest BCUT2D eigenvalue weighted by atomic mass is 10.1. The summed E-state index contributed by atoms with van der Waals surface area (Å²) < 4.78 is 16.5. The van der Waals surface area contributed by atoms with Gasteiger partial charge in [-0.1, -0.05) is 33.6 Å². The van der Waals surface area contributed by atoms with Crippen molar-refractivity contribution in [3.8, 4) is 5.75 Å². The summed E-state index contributed by atoms with van der Waals surface area (Å²) in [6.45, 7) is -0.822. The molecule has 0 N–H and O–H groups in total. The van der Waals surface area contributed by atoms with Crippen molar-refractivity contribution >= 4 is 27.5 Å². The number of hydrogen-bond acceptors (Lipinski definition) is 1. The quantitative estimate of drug-likeness (QED) is 0.742. The highest BCUT2D eigenvalue weighted by Gasteiger charge is 2.02. The maximum atomic E-state index is 11.8. The zero-order chi connectivity index (χ0) is 10.4. The lowest BCUT2D eigenvalue weighted by Crippen LogP contribution is -1.92. The van der Waals surface area contributed by atoms with Crippen molar-refractivity contribution in [1.29, 1.82) is 0 Å². The maximum absolute atomic E-state index is 11.8. The van der Waals surface area contributed by atoms with E-state index in [1.807, 2.05) is 6.07 Å². The van der Waals surface area contributed by atoms with Gasteiger partial charge in [0.2, 0.25) is 6.86 Å². The Kier molecular flexibility index (Phi) is 5.26. The van der Waals surface area contributed by atoms with Crippen LogP contribution in [0, 0.1) is 0 Å². The Morgan fingerprint density at radius 2 is 2.21 bits per heavy atom. The number of benzene rings is 1. The van der Waals surface area contributed by atoms with E-state index < -0.39 is 6.86 Å². The van der Waals surface area contributed by atoms with Crippen molar-refractivity contribution in [3.05, 3.63) is 28.8 Å². The number of rotatable bonds is 5. The molecular formula is C10H11BrClFO. The first-order chi connectivity index (χ1) is 6.77. The van der Waals surface area contributed by atoms with Gasteiger partial charge >= 0.3 is 0 Å². The van der Waals surface area contributed by atoms with Gasteiger partial charge in [-0.25, -0.2) is 4.39 Å². The van der Waals surface area contributed by atoms with Gasteiger partial charge in [0, 0.05) is 10.4 Å². The van der Waals surface area contributed by atoms with Crippen LogP contribution >= 0.6 is 27.5 Å². The Bertz CT molecular complexity index is 293. The predicted molar refractivity (Wildman–Crippen MR) is 60.2 cm³/mol. The summed E-state index contributed by atoms with van der Waals surface area (Å²) >= 11 is 9.34. The first-order valence-electron chi connectivity index (χ1n) is 4.31. The zero-order valence-electron chi connectivity index (χ0n) is 7.60. The fourth-order valence-electron chi connectivity index (χ4n) is 1.14. The van der Waals surface area contributed by atoms with Gasteiger partial charge in [0.05, 0.1) is 0 Å². The molecule has 0 saturated carbocycles. The molecule has 1 aromatic carbocycles. The number of ether oxygens (including phenoxy) is 1. The summed E-state index contributed by atoms with van der Waals surface area (Å²) in [5.41, 5.74) is 1.07. The topological polar surface area (TPSA) is 9.23 Å². The summed E-state index contributed by atoms with van der Waals surface area (Å²) in [5, 5.41) is 1.59. The molecule has 14 heavy (non-hydrogen) atoms. The zero-order valence-corrected chi connectivity index (χ0v) is 9.94. The Hall–Kier alpha value is -0.280. The largest absolute Gasteiger partial charge is 0.463 e. The van der Waals surface area contributed by atoms with Crippen LogP contribution < -0.4 is 4.74 Å². The van der Waals surface area contributed by atoms with Gasteiger partial charge in [-0.3, -0.25) is 0 Å². The minimum Gasteiger partial charge on any atom is -0.463 e. The molecule has 0 spiro atoms. The summed E-state index contributed by atoms with van der Waals surface area (Å²) in [6, 6.07) is 5.25. The molecule has 0 saturated heterocycles. The molecule has 0 bridgehead atoms. The standard InChI is InChI=1S/C10H11BrClFO/c11-5-1-2-8-3-4-9(14-7-13)6-10(8)12/h3-4,6H,1-2,5,7H2. The van der Waals surface area contributed by atoms with E-state index in [4.69, 9.17) is 11.6 Å². The molecule has 0 fully saturated rings. The molecule has 0 aromatic heterocycles. The van der Waals surface area contributed by atoms with E-state index >= 15 is 0 Å². The molecule has 0 atom stereocenters. The molecule has 0 aliphatic carbocycles. The van der Waals surface area contributed by atoms with Crippen LogP contribution in [0.1, 0.15) is 12.0 Å². The smallest absolute Gasteiger partial charge is 0.228 e. The minimum absolute atomic E-state index is 0.472. The van der Waals surface area contributed by atoms with Gasteiger partial charge < -0.3 is 4.74 Å². The highest BCUT2D eigenvalue weighted by molar-refractivity contribution is 9.09. The average molecular weight is 282 g/mol. The first-order valence-corrected chi connectivity index (χ1v) is 5.81. The van der Waals surface area contributed by atoms with Gasteiger partial charge in [0.1, 0.15) is 5.75 Å². The third-order valence-corrected chi connectivity index (χ3v) is 2.74. The molecule has 4 heteroatoms. The van der Waals surface area contributed by atoms with Crippen LogP contribution in [-0.4, -0.2) is 12.2 Å². The molecule has 0 radical (unpaired) electrons. The van der Waals surface area contributed by atoms with E-state index in [0.717, 1.165) is 23.7 Å². The second kappa shape index (κ2) is 6.25. The van der Waals surface area contributed by atoms with Crippen molar-refractivity contribution in [1.82, 2.24) is 0 Å². The SMILES string of the molecule is FCOc1ccc(CCCBr)c(Cl)c1. The van der Waals surface area contributed by atoms with Gasteiger partial charge in [-0.2, -0.15) is 0 Å². The monoisotopic (exact) mass is 280 g/mol. The molecule has 0 unspecified atom stereocenters. The van der Waals surface area contributed by atoms with Crippen LogP contribution in [0.15, 0.2) is 18.2 Å². The van der Waals surface area contributed by atoms with Crippen molar-refractivity contribution in [3.63, 3.8) is 0 Å². The molecular weight excluding hydrogens is 270 g/mol. The van der Waals surface area contributed by atoms with Crippen molar-refractivity contribution in [2.75, 3.05) is 12.2 Å². The van der Waals surface area contributed by atoms with Crippen LogP contribution in [-0.2, 0) is 6.42 Å². The predicted octanol–water partition coefficient (Wildman–Crippen LogP) is 3.97. The molecule has 1 rings (SSSR count). The summed E-state index contributed by atoms with van der Waals surface area (Å²) in [4.78, 5) is 0. The second-order valence-corrected chi connectivity index (χ2v) is 4.00. The third-order valence-electron chi connectivity index (χ3n) is 1.83. The molecule has 1 nitrogen and oxygen atoms in total. The van der Waals surface area contributed by atoms with Crippen LogP contribution in [0.25, 0.3) is 0 Å². The lowest BCUT2D eigenvalue weighted by Gasteiger charge is -2.05. The van der Waals surface area contributed by atoms with E-state index in [1.54, 1.807) is 12.1 Å². The fraction of sp³-hybridized carbons (Fsp3) is 0.400. The van der Waals surface area contributed by atoms with Crippen molar-refractivity contribution in [2.24, 2.45) is 0 Å². The second-order valence-electron chi connectivity index (χ2n) is 2.80. The van der Waals surface area contributed by atoms with E-state index in [1.165, 1.54) is 0 Å². The van der Waals surface area contributed by atoms with Crippen LogP contribution in [0.2, 0.25) is 5.02 Å². The van der Waals surface area contributed by atoms with Gasteiger partial charge in [-0.05, 0) is 30.5 Å². The first kappa shape index (κ1) is 11.8. The lowest BCUT2D eigenvalue weighted by molar-refractivity contribution is 0.192. The van der Waals surface area contributed by atoms with Crippen molar-refractivity contribution < 1.29 is 9.13 Å². The Balaban J connectivity index is 2.68. The highest BCUT2D eigenvalue weighted by atomic mass is 79.9. The fourth-order valence-corrected chi connectivity index (χ4v) is 1.69. The summed E-state index contributed by atoms with van der Waals surface area (Å²) in [7, 11) is 0. The molecule has 0 amide bonds. The van der Waals surface area contributed by atoms with E-state index in [2.05, 4.69) is 20.7 Å². The molecule has 0 aliphatic rings. The summed E-state index contributed by atoms with van der Waals surface area (Å²) in [6.07, 6.45) is 1.95. The number of hydrogen-bond donors (Lipinski definition) is 0. The van der Waals surface area contributed by atoms with E-state index in [0.29, 0.717) is 10.8 Å². The Morgan fingerprint density at radius 1 is 1.43 bits per heavy atom. The maximum Gasteiger partial charge on any atom is 0.228 e. The van der Waals surface area contributed by atoms with Gasteiger partial charge in [0.25, 0.3) is 0 Å². The number of aryl methyl sites for hydroxylation is 1. The van der Waals surface area contributed by atoms with E-state index in [9.17, 15) is 4.39 Å². The minimum atomic E-state index is -0.822. The van der Waals surface area contributed by atoms with E-state index in [-0.39, 0.29) is 0 Å². The summed E-state index contributed by atoms with van der Waals surface area (Å²) in [5.74, 6) is 0.472. The molecule has 0 heterocycles. The highest BCUT2D eigenvalue weighted by Crippen LogP contribution is 2.23. The molecule has 1 aromatic rings. The van der Waals surface area contributed by atoms with Crippen LogP contribution in [0.5, 0.6) is 5.75 Å². The Labute approximate surface area is 96.3 Å². The average Bonchev–Trinajstić information content (AvgIpc) is 2.17. The molecule has 78 valence electrons.